The van der Waals surface area contributed by atoms with Crippen LogP contribution in [0.4, 0.5) is 23.4 Å². The molecule has 7 nitrogen and oxygen atoms in total. The van der Waals surface area contributed by atoms with Gasteiger partial charge in [-0.15, -0.1) is 0 Å². The number of piperazine rings is 1. The van der Waals surface area contributed by atoms with Crippen molar-refractivity contribution in [3.63, 3.8) is 0 Å². The van der Waals surface area contributed by atoms with Crippen molar-refractivity contribution in [2.45, 2.75) is 13.0 Å². The summed E-state index contributed by atoms with van der Waals surface area (Å²) < 4.78 is 58.8. The van der Waals surface area contributed by atoms with Crippen molar-refractivity contribution >= 4 is 17.7 Å². The number of carbonyl (C=O) groups is 2. The predicted octanol–water partition coefficient (Wildman–Crippen LogP) is 4.45. The van der Waals surface area contributed by atoms with Crippen LogP contribution in [0.15, 0.2) is 54.7 Å². The summed E-state index contributed by atoms with van der Waals surface area (Å²) in [6.07, 6.45) is -0.991. The van der Waals surface area contributed by atoms with Gasteiger partial charge in [-0.2, -0.15) is 0 Å². The molecule has 1 aliphatic rings. The van der Waals surface area contributed by atoms with Crippen LogP contribution in [0.3, 0.4) is 0 Å². The third-order valence-corrected chi connectivity index (χ3v) is 6.29. The Kier molecular flexibility index (Phi) is 8.57. The number of anilines is 1. The molecule has 1 N–H and O–H groups in total. The Morgan fingerprint density at radius 2 is 1.79 bits per heavy atom. The minimum absolute atomic E-state index is 0.0888. The lowest BCUT2D eigenvalue weighted by atomic mass is 9.98. The number of aromatic nitrogens is 1. The number of hydrogen-bond acceptors (Lipinski definition) is 6. The molecule has 4 rings (SSSR count). The van der Waals surface area contributed by atoms with Crippen molar-refractivity contribution in [2.75, 3.05) is 45.2 Å². The van der Waals surface area contributed by atoms with Crippen molar-refractivity contribution in [2.24, 2.45) is 0 Å². The zero-order valence-electron chi connectivity index (χ0n) is 20.6. The molecule has 1 amide bonds. The molecule has 0 spiro atoms. The van der Waals surface area contributed by atoms with Crippen LogP contribution in [0.1, 0.15) is 26.3 Å². The summed E-state index contributed by atoms with van der Waals surface area (Å²) in [5.74, 6) is -1.99. The zero-order chi connectivity index (χ0) is 27.2. The molecule has 1 saturated heterocycles. The summed E-state index contributed by atoms with van der Waals surface area (Å²) >= 11 is 0. The van der Waals surface area contributed by atoms with Crippen LogP contribution in [-0.4, -0.2) is 72.9 Å². The summed E-state index contributed by atoms with van der Waals surface area (Å²) in [5, 5.41) is 2.99. The Morgan fingerprint density at radius 3 is 2.42 bits per heavy atom. The number of hydrogen-bond donors (Lipinski definition) is 1. The Morgan fingerprint density at radius 1 is 1.03 bits per heavy atom. The summed E-state index contributed by atoms with van der Waals surface area (Å²) in [4.78, 5) is 32.2. The van der Waals surface area contributed by atoms with Crippen LogP contribution in [0.2, 0.25) is 0 Å². The quantitative estimate of drug-likeness (QED) is 0.343. The van der Waals surface area contributed by atoms with Crippen molar-refractivity contribution in [3.8, 4) is 11.1 Å². The fourth-order valence-electron chi connectivity index (χ4n) is 4.25. The van der Waals surface area contributed by atoms with E-state index in [0.29, 0.717) is 48.7 Å². The number of esters is 1. The van der Waals surface area contributed by atoms with Crippen LogP contribution in [0, 0.1) is 11.6 Å². The normalized spacial score (nSPS) is 14.0. The first kappa shape index (κ1) is 27.1. The van der Waals surface area contributed by atoms with Gasteiger partial charge in [-0.1, -0.05) is 24.3 Å². The van der Waals surface area contributed by atoms with Crippen LogP contribution in [0.5, 0.6) is 0 Å². The van der Waals surface area contributed by atoms with Gasteiger partial charge < -0.3 is 15.0 Å². The molecule has 0 bridgehead atoms. The summed E-state index contributed by atoms with van der Waals surface area (Å²) in [6.45, 7) is 1.28. The third kappa shape index (κ3) is 6.28. The molecule has 1 aromatic heterocycles. The topological polar surface area (TPSA) is 74.8 Å². The molecule has 0 saturated carbocycles. The highest BCUT2D eigenvalue weighted by Gasteiger charge is 2.24. The molecule has 1 fully saturated rings. The maximum atomic E-state index is 14.9. The summed E-state index contributed by atoms with van der Waals surface area (Å²) in [7, 11) is 1.14. The number of benzene rings is 2. The molecule has 0 unspecified atom stereocenters. The van der Waals surface area contributed by atoms with E-state index in [1.807, 2.05) is 0 Å². The molecule has 0 aliphatic carbocycles. The van der Waals surface area contributed by atoms with E-state index in [1.165, 1.54) is 30.5 Å². The van der Waals surface area contributed by atoms with Gasteiger partial charge >= 0.3 is 5.97 Å². The minimum atomic E-state index is -2.40. The van der Waals surface area contributed by atoms with Crippen LogP contribution < -0.4 is 5.32 Å². The SMILES string of the molecule is COC(=O)c1c(F)cccc1-c1ccc(CNc2ccc(C(=O)N3CCN(CC(F)F)CC3)cn2)c(F)c1. The Hall–Kier alpha value is -3.99. The highest BCUT2D eigenvalue weighted by molar-refractivity contribution is 5.97. The average molecular weight is 531 g/mol. The highest BCUT2D eigenvalue weighted by Crippen LogP contribution is 2.28. The Balaban J connectivity index is 1.37. The first-order valence-corrected chi connectivity index (χ1v) is 11.9. The number of methoxy groups -OCH3 is 1. The number of ether oxygens (including phenoxy) is 1. The minimum Gasteiger partial charge on any atom is -0.465 e. The second kappa shape index (κ2) is 12.0. The molecule has 0 atom stereocenters. The van der Waals surface area contributed by atoms with Crippen LogP contribution in [-0.2, 0) is 11.3 Å². The van der Waals surface area contributed by atoms with Gasteiger partial charge in [0.05, 0.1) is 19.2 Å². The van der Waals surface area contributed by atoms with Crippen molar-refractivity contribution < 1.29 is 31.9 Å². The molecule has 0 radical (unpaired) electrons. The van der Waals surface area contributed by atoms with E-state index in [4.69, 9.17) is 0 Å². The number of nitrogens with zero attached hydrogens (tertiary/aromatic N) is 3. The Labute approximate surface area is 217 Å². The van der Waals surface area contributed by atoms with E-state index in [1.54, 1.807) is 28.0 Å². The number of nitrogens with one attached hydrogen (secondary N) is 1. The largest absolute Gasteiger partial charge is 0.465 e. The number of pyridine rings is 1. The van der Waals surface area contributed by atoms with Crippen molar-refractivity contribution in [3.05, 3.63) is 83.1 Å². The van der Waals surface area contributed by atoms with Gasteiger partial charge in [-0.05, 0) is 35.4 Å². The van der Waals surface area contributed by atoms with Gasteiger partial charge in [0.25, 0.3) is 12.3 Å². The lowest BCUT2D eigenvalue weighted by Crippen LogP contribution is -2.49. The Bertz CT molecular complexity index is 1300. The predicted molar refractivity (Wildman–Crippen MR) is 133 cm³/mol. The van der Waals surface area contributed by atoms with E-state index < -0.39 is 24.0 Å². The first-order valence-electron chi connectivity index (χ1n) is 11.9. The molecule has 38 heavy (non-hydrogen) atoms. The van der Waals surface area contributed by atoms with Crippen molar-refractivity contribution in [1.82, 2.24) is 14.8 Å². The van der Waals surface area contributed by atoms with Gasteiger partial charge in [0.15, 0.2) is 0 Å². The first-order chi connectivity index (χ1) is 18.3. The van der Waals surface area contributed by atoms with Gasteiger partial charge in [0.2, 0.25) is 0 Å². The third-order valence-electron chi connectivity index (χ3n) is 6.29. The molecule has 11 heteroatoms. The van der Waals surface area contributed by atoms with Gasteiger partial charge in [0, 0.05) is 44.5 Å². The fraction of sp³-hybridized carbons (Fsp3) is 0.296. The summed E-state index contributed by atoms with van der Waals surface area (Å²) in [6, 6.07) is 11.6. The average Bonchev–Trinajstić information content (AvgIpc) is 2.92. The maximum absolute atomic E-state index is 14.9. The second-order valence-electron chi connectivity index (χ2n) is 8.73. The maximum Gasteiger partial charge on any atom is 0.341 e. The molecule has 2 aromatic carbocycles. The molecule has 2 heterocycles. The standard InChI is InChI=1S/C27H26F4N4O3/c1-38-27(37)25-20(3-2-4-21(25)28)17-5-6-18(22(29)13-17)14-32-24-8-7-19(15-33-24)26(36)35-11-9-34(10-12-35)16-23(30)31/h2-8,13,15,23H,9-12,14,16H2,1H3,(H,32,33). The highest BCUT2D eigenvalue weighted by atomic mass is 19.3. The molecular formula is C27H26F4N4O3. The van der Waals surface area contributed by atoms with Gasteiger partial charge in [0.1, 0.15) is 23.0 Å². The van der Waals surface area contributed by atoms with Crippen molar-refractivity contribution in [1.29, 1.82) is 0 Å². The number of amides is 1. The molecule has 1 aliphatic heterocycles. The van der Waals surface area contributed by atoms with Crippen LogP contribution >= 0.6 is 0 Å². The van der Waals surface area contributed by atoms with E-state index in [-0.39, 0.29) is 30.1 Å². The van der Waals surface area contributed by atoms with E-state index in [2.05, 4.69) is 15.0 Å². The summed E-state index contributed by atoms with van der Waals surface area (Å²) in [5.41, 5.74) is 0.947. The zero-order valence-corrected chi connectivity index (χ0v) is 20.6. The van der Waals surface area contributed by atoms with Gasteiger partial charge in [-0.25, -0.2) is 27.3 Å². The lowest BCUT2D eigenvalue weighted by molar-refractivity contribution is 0.0458. The number of halogens is 4. The monoisotopic (exact) mass is 530 g/mol. The smallest absolute Gasteiger partial charge is 0.341 e. The van der Waals surface area contributed by atoms with E-state index in [9.17, 15) is 27.2 Å². The number of alkyl halides is 2. The van der Waals surface area contributed by atoms with E-state index in [0.717, 1.165) is 13.2 Å². The fourth-order valence-corrected chi connectivity index (χ4v) is 4.25. The number of rotatable bonds is 8. The van der Waals surface area contributed by atoms with Gasteiger partial charge in [-0.3, -0.25) is 9.69 Å². The molecular weight excluding hydrogens is 504 g/mol. The van der Waals surface area contributed by atoms with Crippen LogP contribution in [0.25, 0.3) is 11.1 Å². The van der Waals surface area contributed by atoms with E-state index >= 15 is 0 Å². The second-order valence-corrected chi connectivity index (χ2v) is 8.73. The number of carbonyl (C=O) groups excluding carboxylic acids is 2. The lowest BCUT2D eigenvalue weighted by Gasteiger charge is -2.34. The molecule has 200 valence electrons. The molecule has 3 aromatic rings.